The van der Waals surface area contributed by atoms with Gasteiger partial charge in [-0.15, -0.1) is 0 Å². The van der Waals surface area contributed by atoms with Gasteiger partial charge in [-0.2, -0.15) is 0 Å². The number of rotatable bonds is 14. The van der Waals surface area contributed by atoms with E-state index in [-0.39, 0.29) is 11.3 Å². The summed E-state index contributed by atoms with van der Waals surface area (Å²) in [4.78, 5) is 43.5. The summed E-state index contributed by atoms with van der Waals surface area (Å²) in [6, 6.07) is 0. The number of alkyl halides is 2. The Bertz CT molecular complexity index is 1690. The van der Waals surface area contributed by atoms with E-state index in [1.165, 1.54) is 34.4 Å². The van der Waals surface area contributed by atoms with Gasteiger partial charge in [0.25, 0.3) is 0 Å². The first-order valence-electron chi connectivity index (χ1n) is 14.3. The second-order valence-electron chi connectivity index (χ2n) is 10.4. The summed E-state index contributed by atoms with van der Waals surface area (Å²) in [5.74, 6) is 0.671. The van der Waals surface area contributed by atoms with Crippen molar-refractivity contribution in [2.45, 2.75) is 49.2 Å². The van der Waals surface area contributed by atoms with Crippen LogP contribution in [-0.4, -0.2) is 122 Å². The van der Waals surface area contributed by atoms with Crippen LogP contribution in [0.1, 0.15) is 12.5 Å². The van der Waals surface area contributed by atoms with E-state index in [1.807, 2.05) is 0 Å². The highest BCUT2D eigenvalue weighted by molar-refractivity contribution is 7.32. The van der Waals surface area contributed by atoms with E-state index in [0.717, 1.165) is 0 Å². The Morgan fingerprint density at radius 3 is 1.54 bits per heavy atom. The Kier molecular flexibility index (Phi) is 10.7. The third kappa shape index (κ3) is 6.81. The molecule has 48 heavy (non-hydrogen) atoms. The zero-order valence-corrected chi connectivity index (χ0v) is 26.5. The number of aliphatic hydroxyl groups excluding tert-OH is 2. The fourth-order valence-electron chi connectivity index (χ4n) is 5.46. The summed E-state index contributed by atoms with van der Waals surface area (Å²) in [7, 11) is -6.98. The molecule has 6 N–H and O–H groups in total. The van der Waals surface area contributed by atoms with Crippen LogP contribution in [0, 0.1) is 0 Å². The third-order valence-corrected chi connectivity index (χ3v) is 8.52. The normalized spacial score (nSPS) is 28.9. The molecule has 2 aliphatic heterocycles. The minimum atomic E-state index is -3.49. The topological polar surface area (TPSA) is 263 Å². The number of nitrogens with one attached hydrogen (secondary N) is 2. The van der Waals surface area contributed by atoms with E-state index < -0.39 is 78.9 Å². The molecule has 2 aliphatic rings. The lowest BCUT2D eigenvalue weighted by molar-refractivity contribution is -0.0436. The molecule has 0 radical (unpaired) electrons. The third-order valence-electron chi connectivity index (χ3n) is 7.57. The molecule has 20 nitrogen and oxygen atoms in total. The van der Waals surface area contributed by atoms with Crippen LogP contribution in [0.15, 0.2) is 37.5 Å². The highest BCUT2D eigenvalue weighted by Gasteiger charge is 2.49. The Morgan fingerprint density at radius 1 is 0.750 bits per heavy atom. The largest absolute Gasteiger partial charge is 0.394 e. The molecule has 10 atom stereocenters. The Balaban J connectivity index is 1.07. The maximum Gasteiger partial charge on any atom is 0.317 e. The number of imidazole rings is 2. The lowest BCUT2D eigenvalue weighted by atomic mass is 10.1. The molecule has 0 bridgehead atoms. The van der Waals surface area contributed by atoms with Gasteiger partial charge < -0.3 is 49.2 Å². The van der Waals surface area contributed by atoms with Gasteiger partial charge in [-0.3, -0.25) is 18.3 Å². The summed E-state index contributed by atoms with van der Waals surface area (Å²) in [6.07, 6.45) is -3.08. The zero-order chi connectivity index (χ0) is 33.9. The van der Waals surface area contributed by atoms with Crippen molar-refractivity contribution in [1.82, 2.24) is 39.0 Å². The Labute approximate surface area is 269 Å². The van der Waals surface area contributed by atoms with Crippen molar-refractivity contribution >= 4 is 50.5 Å². The summed E-state index contributed by atoms with van der Waals surface area (Å²) >= 11 is 0. The highest BCUT2D eigenvalue weighted by Crippen LogP contribution is 2.40. The highest BCUT2D eigenvalue weighted by atomic mass is 31.1. The van der Waals surface area contributed by atoms with Gasteiger partial charge in [0.15, 0.2) is 58.8 Å². The van der Waals surface area contributed by atoms with E-state index in [2.05, 4.69) is 40.5 Å². The fraction of sp³-hybridized carbons (Fsp3) is 0.500. The van der Waals surface area contributed by atoms with Gasteiger partial charge in [0.05, 0.1) is 25.9 Å². The van der Waals surface area contributed by atoms with Crippen molar-refractivity contribution in [2.75, 3.05) is 36.9 Å². The van der Waals surface area contributed by atoms with Gasteiger partial charge in [-0.1, -0.05) is 12.2 Å². The standard InChI is InChI=1S/C24H30F2N10O10P2/c25-13-17(45-47(39)40)11(5-37)43-23(13)35-9-33-15-19(29-7-31-21(15)35)27-3-1-2-4-28-20-16-22(32-8-30-20)36(10-34-16)24-14(26)18(46-48(41)42)12(6-38)44-24/h1-2,7-14,17-18,23-24,37-38,47-48H,3-6H2,(H,39,40)(H,41,42)(H,27,29,31)(H,28,30,32)/b2-1+/t11-,12?,13-,14-,17-,18-,23-,24?/m1/s1. The zero-order valence-electron chi connectivity index (χ0n) is 24.5. The number of halogens is 2. The predicted molar refractivity (Wildman–Crippen MR) is 161 cm³/mol. The first-order valence-corrected chi connectivity index (χ1v) is 16.8. The summed E-state index contributed by atoms with van der Waals surface area (Å²) in [5.41, 5.74) is 1.03. The maximum atomic E-state index is 15.2. The molecule has 0 aliphatic carbocycles. The fourth-order valence-corrected chi connectivity index (χ4v) is 6.49. The number of hydrogen-bond donors (Lipinski definition) is 6. The lowest BCUT2D eigenvalue weighted by Crippen LogP contribution is -2.32. The number of hydrogen-bond acceptors (Lipinski definition) is 16. The maximum absolute atomic E-state index is 15.2. The van der Waals surface area contributed by atoms with Crippen molar-refractivity contribution in [1.29, 1.82) is 0 Å². The van der Waals surface area contributed by atoms with E-state index in [9.17, 15) is 19.3 Å². The molecule has 4 aromatic heterocycles. The average Bonchev–Trinajstić information content (AvgIpc) is 3.83. The van der Waals surface area contributed by atoms with Gasteiger partial charge in [0.1, 0.15) is 37.1 Å². The van der Waals surface area contributed by atoms with Crippen molar-refractivity contribution < 1.29 is 56.4 Å². The SMILES string of the molecule is O=[PH](O)O[C@H]1[C@@H](F)[C@H](n2cnc3c(NC/C=C/CNc4ncnc5c4ncn5C4OC(CO)[C@@H](O[PH](=O)O)[C@H]4F)ncnc32)O[C@@H]1CO. The minimum Gasteiger partial charge on any atom is -0.394 e. The van der Waals surface area contributed by atoms with Gasteiger partial charge in [-0.25, -0.2) is 38.7 Å². The van der Waals surface area contributed by atoms with E-state index in [0.29, 0.717) is 35.8 Å². The number of nitrogens with zero attached hydrogens (tertiary/aromatic N) is 8. The van der Waals surface area contributed by atoms with Crippen LogP contribution in [0.3, 0.4) is 0 Å². The van der Waals surface area contributed by atoms with Crippen LogP contribution in [0.2, 0.25) is 0 Å². The van der Waals surface area contributed by atoms with E-state index in [4.69, 9.17) is 28.3 Å². The first-order chi connectivity index (χ1) is 23.2. The molecule has 0 aromatic carbocycles. The predicted octanol–water partition coefficient (Wildman–Crippen LogP) is 0.0362. The molecule has 4 unspecified atom stereocenters. The lowest BCUT2D eigenvalue weighted by Gasteiger charge is -2.16. The van der Waals surface area contributed by atoms with Crippen LogP contribution in [0.5, 0.6) is 0 Å². The number of fused-ring (bicyclic) bond motifs is 2. The monoisotopic (exact) mass is 718 g/mol. The van der Waals surface area contributed by atoms with Crippen molar-refractivity contribution in [3.63, 3.8) is 0 Å². The molecule has 0 spiro atoms. The van der Waals surface area contributed by atoms with E-state index in [1.54, 1.807) is 12.2 Å². The van der Waals surface area contributed by atoms with Gasteiger partial charge in [-0.05, 0) is 0 Å². The second-order valence-corrected chi connectivity index (χ2v) is 11.9. The number of aromatic nitrogens is 8. The molecular weight excluding hydrogens is 688 g/mol. The molecule has 0 saturated carbocycles. The molecule has 6 rings (SSSR count). The van der Waals surface area contributed by atoms with Crippen LogP contribution in [0.25, 0.3) is 22.3 Å². The van der Waals surface area contributed by atoms with Crippen LogP contribution < -0.4 is 10.6 Å². The summed E-state index contributed by atoms with van der Waals surface area (Å²) in [6.45, 7) is -0.682. The Morgan fingerprint density at radius 2 is 1.17 bits per heavy atom. The van der Waals surface area contributed by atoms with Crippen molar-refractivity contribution in [2.24, 2.45) is 0 Å². The number of aliphatic hydroxyl groups is 2. The molecule has 2 saturated heterocycles. The molecule has 4 aromatic rings. The molecule has 24 heteroatoms. The molecule has 6 heterocycles. The number of ether oxygens (including phenoxy) is 2. The minimum absolute atomic E-state index is 0.216. The molecule has 260 valence electrons. The summed E-state index contributed by atoms with van der Waals surface area (Å²) < 4.78 is 75.8. The molecule has 0 amide bonds. The van der Waals surface area contributed by atoms with Gasteiger partial charge >= 0.3 is 16.5 Å². The van der Waals surface area contributed by atoms with Crippen LogP contribution in [-0.2, 0) is 27.7 Å². The van der Waals surface area contributed by atoms with Crippen LogP contribution in [0.4, 0.5) is 20.4 Å². The Hall–Kier alpha value is -3.56. The quantitative estimate of drug-likeness (QED) is 0.0742. The van der Waals surface area contributed by atoms with Gasteiger partial charge in [0.2, 0.25) is 0 Å². The average molecular weight is 719 g/mol. The summed E-state index contributed by atoms with van der Waals surface area (Å²) in [5, 5.41) is 25.2. The number of anilines is 2. The first kappa shape index (κ1) is 34.3. The smallest absolute Gasteiger partial charge is 0.317 e. The van der Waals surface area contributed by atoms with Gasteiger partial charge in [0, 0.05) is 13.1 Å². The van der Waals surface area contributed by atoms with Crippen LogP contribution >= 0.6 is 16.5 Å². The van der Waals surface area contributed by atoms with E-state index >= 15 is 8.78 Å². The van der Waals surface area contributed by atoms with Crippen molar-refractivity contribution in [3.8, 4) is 0 Å². The van der Waals surface area contributed by atoms with Crippen molar-refractivity contribution in [3.05, 3.63) is 37.5 Å². The second kappa shape index (κ2) is 14.9. The molecular formula is C24H30F2N10O10P2. The molecule has 2 fully saturated rings.